The number of H-pyrrole nitrogens is 1. The number of fused-ring (bicyclic) bond motifs is 1. The predicted octanol–water partition coefficient (Wildman–Crippen LogP) is 2.68. The molecular formula is C24H24N6O2. The number of likely N-dealkylation sites (tertiary alicyclic amines) is 1. The number of benzene rings is 1. The fraction of sp³-hybridized carbons (Fsp3) is 0.333. The predicted molar refractivity (Wildman–Crippen MR) is 119 cm³/mol. The summed E-state index contributed by atoms with van der Waals surface area (Å²) < 4.78 is 3.69. The Morgan fingerprint density at radius 1 is 1.09 bits per heavy atom. The number of aromatic nitrogens is 5. The van der Waals surface area contributed by atoms with E-state index in [1.165, 1.54) is 0 Å². The molecule has 32 heavy (non-hydrogen) atoms. The average Bonchev–Trinajstić information content (AvgIpc) is 3.19. The molecule has 0 spiro atoms. The number of amides is 1. The van der Waals surface area contributed by atoms with Crippen LogP contribution in [0.5, 0.6) is 0 Å². The maximum absolute atomic E-state index is 12.5. The first-order chi connectivity index (χ1) is 15.7. The van der Waals surface area contributed by atoms with E-state index < -0.39 is 0 Å². The maximum atomic E-state index is 12.5. The van der Waals surface area contributed by atoms with Gasteiger partial charge in [-0.2, -0.15) is 5.10 Å². The lowest BCUT2D eigenvalue weighted by atomic mass is 10.0. The van der Waals surface area contributed by atoms with Crippen molar-refractivity contribution in [2.45, 2.75) is 25.7 Å². The number of carbonyl (C=O) groups is 1. The van der Waals surface area contributed by atoms with Crippen LogP contribution in [0.4, 0.5) is 0 Å². The molecule has 1 saturated carbocycles. The van der Waals surface area contributed by atoms with Gasteiger partial charge in [0.05, 0.1) is 29.4 Å². The number of carbonyl (C=O) groups excluding carboxylic acids is 1. The van der Waals surface area contributed by atoms with Crippen LogP contribution in [0.2, 0.25) is 0 Å². The Morgan fingerprint density at radius 3 is 2.75 bits per heavy atom. The van der Waals surface area contributed by atoms with E-state index in [0.717, 1.165) is 54.8 Å². The van der Waals surface area contributed by atoms with Crippen molar-refractivity contribution in [2.75, 3.05) is 13.1 Å². The molecule has 4 aromatic rings. The first-order valence-corrected chi connectivity index (χ1v) is 11.1. The topological polar surface area (TPSA) is 88.3 Å². The van der Waals surface area contributed by atoms with Crippen molar-refractivity contribution in [3.05, 3.63) is 71.3 Å². The average molecular weight is 428 g/mol. The van der Waals surface area contributed by atoms with Gasteiger partial charge >= 0.3 is 5.69 Å². The monoisotopic (exact) mass is 428 g/mol. The summed E-state index contributed by atoms with van der Waals surface area (Å²) in [5.74, 6) is 1.59. The van der Waals surface area contributed by atoms with Gasteiger partial charge in [0.2, 0.25) is 5.91 Å². The summed E-state index contributed by atoms with van der Waals surface area (Å²) >= 11 is 0. The van der Waals surface area contributed by atoms with Crippen LogP contribution >= 0.6 is 0 Å². The molecule has 8 heteroatoms. The molecule has 3 aromatic heterocycles. The largest absolute Gasteiger partial charge is 0.347 e. The van der Waals surface area contributed by atoms with E-state index in [1.807, 2.05) is 58.0 Å². The lowest BCUT2D eigenvalue weighted by molar-refractivity contribution is -0.131. The normalized spacial score (nSPS) is 18.5. The van der Waals surface area contributed by atoms with Gasteiger partial charge in [0.1, 0.15) is 5.82 Å². The molecule has 1 aliphatic carbocycles. The molecule has 0 radical (unpaired) electrons. The third-order valence-corrected chi connectivity index (χ3v) is 6.61. The number of hydrogen-bond donors (Lipinski definition) is 1. The molecule has 1 amide bonds. The number of hydrogen-bond acceptors (Lipinski definition) is 4. The molecule has 6 rings (SSSR count). The zero-order valence-electron chi connectivity index (χ0n) is 17.6. The molecule has 2 fully saturated rings. The summed E-state index contributed by atoms with van der Waals surface area (Å²) in [6.45, 7) is 1.56. The summed E-state index contributed by atoms with van der Waals surface area (Å²) in [7, 11) is 0. The van der Waals surface area contributed by atoms with Gasteiger partial charge in [0.25, 0.3) is 0 Å². The van der Waals surface area contributed by atoms with E-state index in [0.29, 0.717) is 24.1 Å². The van der Waals surface area contributed by atoms with Crippen molar-refractivity contribution in [2.24, 2.45) is 11.8 Å². The summed E-state index contributed by atoms with van der Waals surface area (Å²) in [5.41, 5.74) is 3.65. The van der Waals surface area contributed by atoms with Gasteiger partial charge in [0, 0.05) is 25.4 Å². The van der Waals surface area contributed by atoms with Crippen LogP contribution in [0.1, 0.15) is 25.1 Å². The zero-order valence-corrected chi connectivity index (χ0v) is 17.6. The first kappa shape index (κ1) is 19.0. The van der Waals surface area contributed by atoms with Crippen LogP contribution < -0.4 is 5.69 Å². The molecule has 2 aliphatic rings. The molecule has 1 N–H and O–H groups in total. The molecule has 1 atom stereocenters. The van der Waals surface area contributed by atoms with Crippen molar-refractivity contribution >= 4 is 11.4 Å². The highest BCUT2D eigenvalue weighted by Gasteiger charge is 2.36. The third kappa shape index (κ3) is 3.32. The van der Waals surface area contributed by atoms with Crippen LogP contribution in [0.25, 0.3) is 22.5 Å². The number of aromatic amines is 1. The summed E-state index contributed by atoms with van der Waals surface area (Å²) in [6, 6.07) is 14.0. The number of rotatable bonds is 5. The van der Waals surface area contributed by atoms with Crippen LogP contribution in [0, 0.1) is 11.8 Å². The van der Waals surface area contributed by atoms with Crippen LogP contribution in [-0.4, -0.2) is 48.0 Å². The summed E-state index contributed by atoms with van der Waals surface area (Å²) in [6.07, 6.45) is 7.32. The van der Waals surface area contributed by atoms with Crippen LogP contribution in [0.15, 0.2) is 59.8 Å². The van der Waals surface area contributed by atoms with Gasteiger partial charge in [-0.3, -0.25) is 9.20 Å². The zero-order chi connectivity index (χ0) is 21.7. The van der Waals surface area contributed by atoms with E-state index in [-0.39, 0.29) is 11.6 Å². The van der Waals surface area contributed by atoms with E-state index >= 15 is 0 Å². The lowest BCUT2D eigenvalue weighted by Crippen LogP contribution is -2.30. The van der Waals surface area contributed by atoms with E-state index in [2.05, 4.69) is 15.2 Å². The van der Waals surface area contributed by atoms with Crippen molar-refractivity contribution in [3.8, 4) is 16.9 Å². The van der Waals surface area contributed by atoms with Gasteiger partial charge in [-0.1, -0.05) is 18.2 Å². The number of nitrogens with one attached hydrogen (secondary N) is 1. The van der Waals surface area contributed by atoms with Crippen molar-refractivity contribution in [1.29, 1.82) is 0 Å². The molecule has 0 bridgehead atoms. The second-order valence-electron chi connectivity index (χ2n) is 8.84. The molecule has 4 heterocycles. The van der Waals surface area contributed by atoms with Gasteiger partial charge in [-0.15, -0.1) is 0 Å². The van der Waals surface area contributed by atoms with Gasteiger partial charge in [-0.25, -0.2) is 19.4 Å². The highest BCUT2D eigenvalue weighted by atomic mass is 16.2. The summed E-state index contributed by atoms with van der Waals surface area (Å²) in [4.78, 5) is 31.1. The molecule has 8 nitrogen and oxygen atoms in total. The molecule has 1 saturated heterocycles. The Balaban J connectivity index is 1.24. The summed E-state index contributed by atoms with van der Waals surface area (Å²) in [5, 5.41) is 6.90. The van der Waals surface area contributed by atoms with E-state index in [9.17, 15) is 9.59 Å². The third-order valence-electron chi connectivity index (χ3n) is 6.61. The molecule has 1 unspecified atom stereocenters. The molecular weight excluding hydrogens is 404 g/mol. The van der Waals surface area contributed by atoms with Crippen molar-refractivity contribution < 1.29 is 4.79 Å². The number of imidazole rings is 1. The van der Waals surface area contributed by atoms with Crippen molar-refractivity contribution in [1.82, 2.24) is 29.0 Å². The Kier molecular flexibility index (Phi) is 4.45. The minimum atomic E-state index is -0.242. The fourth-order valence-electron chi connectivity index (χ4n) is 4.74. The minimum absolute atomic E-state index is 0.242. The highest BCUT2D eigenvalue weighted by Crippen LogP contribution is 2.33. The first-order valence-electron chi connectivity index (χ1n) is 11.1. The Hall–Kier alpha value is -3.68. The van der Waals surface area contributed by atoms with Crippen LogP contribution in [0.3, 0.4) is 0 Å². The molecule has 1 aliphatic heterocycles. The highest BCUT2D eigenvalue weighted by molar-refractivity contribution is 5.81. The van der Waals surface area contributed by atoms with Gasteiger partial charge in [-0.05, 0) is 55.0 Å². The standard InChI is InChI=1S/C24H24N6O2/c31-23(18-4-5-18)28-11-10-16(14-28)12-22-26-27-24(32)30(22)19-8-6-17(7-9-19)21-3-1-2-20-13-25-15-29(20)21/h1-3,6-9,13,15-16,18H,4-5,10-12,14H2,(H,27,32). The number of nitrogens with zero attached hydrogens (tertiary/aromatic N) is 5. The fourth-order valence-corrected chi connectivity index (χ4v) is 4.74. The second-order valence-corrected chi connectivity index (χ2v) is 8.84. The van der Waals surface area contributed by atoms with E-state index in [1.54, 1.807) is 10.9 Å². The second kappa shape index (κ2) is 7.47. The van der Waals surface area contributed by atoms with E-state index in [4.69, 9.17) is 0 Å². The Morgan fingerprint density at radius 2 is 1.94 bits per heavy atom. The maximum Gasteiger partial charge on any atom is 0.347 e. The Labute approximate surface area is 184 Å². The van der Waals surface area contributed by atoms with Crippen molar-refractivity contribution in [3.63, 3.8) is 0 Å². The van der Waals surface area contributed by atoms with Gasteiger partial charge < -0.3 is 4.90 Å². The number of pyridine rings is 1. The minimum Gasteiger partial charge on any atom is -0.342 e. The quantitative estimate of drug-likeness (QED) is 0.529. The smallest absolute Gasteiger partial charge is 0.342 e. The molecule has 1 aromatic carbocycles. The molecule has 162 valence electrons. The van der Waals surface area contributed by atoms with Gasteiger partial charge in [0.15, 0.2) is 0 Å². The lowest BCUT2D eigenvalue weighted by Gasteiger charge is -2.16. The Bertz CT molecular complexity index is 1340. The SMILES string of the molecule is O=C(C1CC1)N1CCC(Cc2n[nH]c(=O)n2-c2ccc(-c3cccc4cncn34)cc2)C1. The van der Waals surface area contributed by atoms with Crippen LogP contribution in [-0.2, 0) is 11.2 Å².